The molecule has 22 heavy (non-hydrogen) atoms. The molecule has 0 bridgehead atoms. The molecular formula is C20H25NO. The van der Waals surface area contributed by atoms with E-state index in [0.29, 0.717) is 6.04 Å². The maximum absolute atomic E-state index is 5.66. The predicted molar refractivity (Wildman–Crippen MR) is 91.8 cm³/mol. The van der Waals surface area contributed by atoms with Gasteiger partial charge in [0, 0.05) is 6.54 Å². The van der Waals surface area contributed by atoms with Crippen LogP contribution in [0, 0.1) is 20.8 Å². The van der Waals surface area contributed by atoms with Gasteiger partial charge in [-0.2, -0.15) is 0 Å². The minimum absolute atomic E-state index is 0.292. The van der Waals surface area contributed by atoms with E-state index < -0.39 is 0 Å². The molecule has 1 aliphatic rings. The van der Waals surface area contributed by atoms with Gasteiger partial charge >= 0.3 is 0 Å². The highest BCUT2D eigenvalue weighted by Gasteiger charge is 2.24. The van der Waals surface area contributed by atoms with Crippen LogP contribution in [-0.2, 0) is 6.42 Å². The summed E-state index contributed by atoms with van der Waals surface area (Å²) in [6, 6.07) is 11.4. The number of nitrogens with one attached hydrogen (secondary N) is 1. The Hall–Kier alpha value is -1.80. The molecule has 0 saturated carbocycles. The molecule has 0 amide bonds. The quantitative estimate of drug-likeness (QED) is 0.914. The van der Waals surface area contributed by atoms with Gasteiger partial charge in [-0.1, -0.05) is 23.8 Å². The summed E-state index contributed by atoms with van der Waals surface area (Å²) < 4.78 is 5.66. The van der Waals surface area contributed by atoms with E-state index in [1.54, 1.807) is 0 Å². The third kappa shape index (κ3) is 2.76. The second kappa shape index (κ2) is 6.13. The first-order valence-electron chi connectivity index (χ1n) is 8.17. The standard InChI is InChI=1S/C20H25NO/c1-5-22-17-6-7-18-16(12-17)8-9-21-20(18)19-14(3)10-13(2)11-15(19)4/h6-7,10-12,20-21H,5,8-9H2,1-4H3. The van der Waals surface area contributed by atoms with Crippen LogP contribution < -0.4 is 10.1 Å². The first-order valence-corrected chi connectivity index (χ1v) is 8.17. The number of hydrogen-bond acceptors (Lipinski definition) is 2. The zero-order valence-electron chi connectivity index (χ0n) is 14.0. The fourth-order valence-corrected chi connectivity index (χ4v) is 3.70. The van der Waals surface area contributed by atoms with Gasteiger partial charge in [0.15, 0.2) is 0 Å². The molecule has 1 N–H and O–H groups in total. The van der Waals surface area contributed by atoms with E-state index in [4.69, 9.17) is 4.74 Å². The van der Waals surface area contributed by atoms with Crippen LogP contribution >= 0.6 is 0 Å². The van der Waals surface area contributed by atoms with Crippen molar-refractivity contribution in [3.05, 3.63) is 63.7 Å². The Morgan fingerprint density at radius 1 is 1.09 bits per heavy atom. The van der Waals surface area contributed by atoms with Gasteiger partial charge in [-0.05, 0) is 74.1 Å². The van der Waals surface area contributed by atoms with Crippen LogP contribution in [0.15, 0.2) is 30.3 Å². The number of fused-ring (bicyclic) bond motifs is 1. The van der Waals surface area contributed by atoms with E-state index in [1.807, 2.05) is 6.92 Å². The van der Waals surface area contributed by atoms with E-state index in [9.17, 15) is 0 Å². The molecule has 1 aliphatic heterocycles. The lowest BCUT2D eigenvalue weighted by molar-refractivity contribution is 0.339. The van der Waals surface area contributed by atoms with Crippen LogP contribution in [0.1, 0.15) is 46.3 Å². The first-order chi connectivity index (χ1) is 10.6. The smallest absolute Gasteiger partial charge is 0.119 e. The molecule has 1 atom stereocenters. The summed E-state index contributed by atoms with van der Waals surface area (Å²) in [7, 11) is 0. The molecule has 0 radical (unpaired) electrons. The molecule has 2 aromatic rings. The first kappa shape index (κ1) is 15.1. The van der Waals surface area contributed by atoms with Gasteiger partial charge in [-0.3, -0.25) is 0 Å². The molecule has 2 heteroatoms. The van der Waals surface area contributed by atoms with Gasteiger partial charge in [0.05, 0.1) is 12.6 Å². The Balaban J connectivity index is 2.05. The molecule has 1 unspecified atom stereocenters. The summed E-state index contributed by atoms with van der Waals surface area (Å²) in [5, 5.41) is 3.70. The van der Waals surface area contributed by atoms with E-state index in [0.717, 1.165) is 25.3 Å². The SMILES string of the molecule is CCOc1ccc2c(c1)CCNC2c1c(C)cc(C)cc1C. The Kier molecular flexibility index (Phi) is 4.21. The van der Waals surface area contributed by atoms with Crippen LogP contribution in [-0.4, -0.2) is 13.2 Å². The van der Waals surface area contributed by atoms with Gasteiger partial charge in [0.25, 0.3) is 0 Å². The molecule has 1 heterocycles. The van der Waals surface area contributed by atoms with E-state index in [2.05, 4.69) is 56.4 Å². The van der Waals surface area contributed by atoms with Gasteiger partial charge in [0.1, 0.15) is 5.75 Å². The average Bonchev–Trinajstić information content (AvgIpc) is 2.46. The second-order valence-electron chi connectivity index (χ2n) is 6.24. The minimum atomic E-state index is 0.292. The molecule has 0 saturated heterocycles. The van der Waals surface area contributed by atoms with Crippen LogP contribution in [0.3, 0.4) is 0 Å². The minimum Gasteiger partial charge on any atom is -0.494 e. The molecule has 3 rings (SSSR count). The number of aryl methyl sites for hydroxylation is 3. The van der Waals surface area contributed by atoms with Crippen LogP contribution in [0.4, 0.5) is 0 Å². The number of ether oxygens (including phenoxy) is 1. The zero-order valence-corrected chi connectivity index (χ0v) is 14.0. The summed E-state index contributed by atoms with van der Waals surface area (Å²) in [4.78, 5) is 0. The zero-order chi connectivity index (χ0) is 15.7. The van der Waals surface area contributed by atoms with E-state index in [-0.39, 0.29) is 0 Å². The van der Waals surface area contributed by atoms with Crippen molar-refractivity contribution in [1.29, 1.82) is 0 Å². The third-order valence-electron chi connectivity index (χ3n) is 4.51. The predicted octanol–water partition coefficient (Wildman–Crippen LogP) is 4.25. The van der Waals surface area contributed by atoms with Gasteiger partial charge in [0.2, 0.25) is 0 Å². The van der Waals surface area contributed by atoms with Crippen molar-refractivity contribution < 1.29 is 4.74 Å². The van der Waals surface area contributed by atoms with Gasteiger partial charge in [-0.15, -0.1) is 0 Å². The highest BCUT2D eigenvalue weighted by atomic mass is 16.5. The number of benzene rings is 2. The second-order valence-corrected chi connectivity index (χ2v) is 6.24. The lowest BCUT2D eigenvalue weighted by Crippen LogP contribution is -2.31. The molecule has 0 fully saturated rings. The van der Waals surface area contributed by atoms with Crippen LogP contribution in [0.25, 0.3) is 0 Å². The maximum Gasteiger partial charge on any atom is 0.119 e. The Morgan fingerprint density at radius 3 is 2.50 bits per heavy atom. The summed E-state index contributed by atoms with van der Waals surface area (Å²) >= 11 is 0. The van der Waals surface area contributed by atoms with Crippen molar-refractivity contribution >= 4 is 0 Å². The van der Waals surface area contributed by atoms with Crippen LogP contribution in [0.2, 0.25) is 0 Å². The largest absolute Gasteiger partial charge is 0.494 e. The van der Waals surface area contributed by atoms with Crippen molar-refractivity contribution in [2.75, 3.05) is 13.2 Å². The van der Waals surface area contributed by atoms with E-state index in [1.165, 1.54) is 33.4 Å². The highest BCUT2D eigenvalue weighted by Crippen LogP contribution is 2.34. The molecular weight excluding hydrogens is 270 g/mol. The summed E-state index contributed by atoms with van der Waals surface area (Å²) in [6.45, 7) is 10.4. The third-order valence-corrected chi connectivity index (χ3v) is 4.51. The molecule has 2 aromatic carbocycles. The Labute approximate surface area is 133 Å². The van der Waals surface area contributed by atoms with Crippen molar-refractivity contribution in [3.8, 4) is 5.75 Å². The summed E-state index contributed by atoms with van der Waals surface area (Å²) in [5.41, 5.74) is 8.31. The highest BCUT2D eigenvalue weighted by molar-refractivity contribution is 5.49. The Morgan fingerprint density at radius 2 is 1.82 bits per heavy atom. The lowest BCUT2D eigenvalue weighted by Gasteiger charge is -2.30. The fraction of sp³-hybridized carbons (Fsp3) is 0.400. The fourth-order valence-electron chi connectivity index (χ4n) is 3.70. The van der Waals surface area contributed by atoms with Crippen molar-refractivity contribution in [2.45, 2.75) is 40.2 Å². The normalized spacial score (nSPS) is 17.2. The monoisotopic (exact) mass is 295 g/mol. The number of hydrogen-bond donors (Lipinski definition) is 1. The molecule has 0 spiro atoms. The van der Waals surface area contributed by atoms with Crippen LogP contribution in [0.5, 0.6) is 5.75 Å². The maximum atomic E-state index is 5.66. The average molecular weight is 295 g/mol. The van der Waals surface area contributed by atoms with E-state index >= 15 is 0 Å². The summed E-state index contributed by atoms with van der Waals surface area (Å²) in [5.74, 6) is 0.985. The van der Waals surface area contributed by atoms with Gasteiger partial charge < -0.3 is 10.1 Å². The van der Waals surface area contributed by atoms with Crippen molar-refractivity contribution in [3.63, 3.8) is 0 Å². The van der Waals surface area contributed by atoms with Crippen molar-refractivity contribution in [1.82, 2.24) is 5.32 Å². The topological polar surface area (TPSA) is 21.3 Å². The number of rotatable bonds is 3. The molecule has 0 aromatic heterocycles. The summed E-state index contributed by atoms with van der Waals surface area (Å²) in [6.07, 6.45) is 1.07. The molecule has 2 nitrogen and oxygen atoms in total. The molecule has 0 aliphatic carbocycles. The van der Waals surface area contributed by atoms with Gasteiger partial charge in [-0.25, -0.2) is 0 Å². The van der Waals surface area contributed by atoms with Crippen molar-refractivity contribution in [2.24, 2.45) is 0 Å². The lowest BCUT2D eigenvalue weighted by atomic mass is 9.85. The molecule has 116 valence electrons. The Bertz CT molecular complexity index is 667.